The van der Waals surface area contributed by atoms with Crippen molar-refractivity contribution in [2.45, 2.75) is 12.5 Å². The summed E-state index contributed by atoms with van der Waals surface area (Å²) in [5.41, 5.74) is 0.687. The molecule has 0 radical (unpaired) electrons. The first-order valence-corrected chi connectivity index (χ1v) is 7.54. The van der Waals surface area contributed by atoms with E-state index < -0.39 is 5.60 Å². The van der Waals surface area contributed by atoms with Gasteiger partial charge in [-0.05, 0) is 32.1 Å². The summed E-state index contributed by atoms with van der Waals surface area (Å²) in [5, 5.41) is 0. The van der Waals surface area contributed by atoms with E-state index in [-0.39, 0.29) is 5.78 Å². The molecule has 0 unspecified atom stereocenters. The second-order valence-corrected chi connectivity index (χ2v) is 5.51. The van der Waals surface area contributed by atoms with Gasteiger partial charge < -0.3 is 9.64 Å². The molecule has 0 fully saturated rings. The molecule has 116 valence electrons. The van der Waals surface area contributed by atoms with Crippen molar-refractivity contribution in [1.82, 2.24) is 4.90 Å². The summed E-state index contributed by atoms with van der Waals surface area (Å²) in [4.78, 5) is 15.0. The maximum atomic E-state index is 13.1. The van der Waals surface area contributed by atoms with Crippen molar-refractivity contribution in [2.24, 2.45) is 0 Å². The van der Waals surface area contributed by atoms with E-state index in [9.17, 15) is 4.79 Å². The number of carbonyl (C=O) groups is 1. The lowest BCUT2D eigenvalue weighted by atomic mass is 9.82. The van der Waals surface area contributed by atoms with Crippen molar-refractivity contribution in [3.8, 4) is 0 Å². The highest BCUT2D eigenvalue weighted by Crippen LogP contribution is 2.35. The van der Waals surface area contributed by atoms with Crippen LogP contribution in [0.2, 0.25) is 0 Å². The number of hydrogen-bond donors (Lipinski definition) is 0. The SMILES string of the molecule is CCOC(C(=O)CN(C)C)(c1ccccc1)c1ccccc1. The van der Waals surface area contributed by atoms with Gasteiger partial charge in [0.2, 0.25) is 0 Å². The van der Waals surface area contributed by atoms with Gasteiger partial charge in [-0.3, -0.25) is 4.79 Å². The molecule has 0 heterocycles. The third-order valence-electron chi connectivity index (χ3n) is 3.57. The minimum Gasteiger partial charge on any atom is -0.358 e. The van der Waals surface area contributed by atoms with Gasteiger partial charge in [0, 0.05) is 6.61 Å². The lowest BCUT2D eigenvalue weighted by Gasteiger charge is -2.34. The zero-order valence-electron chi connectivity index (χ0n) is 13.5. The van der Waals surface area contributed by atoms with E-state index in [1.165, 1.54) is 0 Å². The van der Waals surface area contributed by atoms with Crippen LogP contribution < -0.4 is 0 Å². The fourth-order valence-corrected chi connectivity index (χ4v) is 2.70. The Balaban J connectivity index is 2.62. The van der Waals surface area contributed by atoms with Crippen LogP contribution in [0, 0.1) is 0 Å². The third-order valence-corrected chi connectivity index (χ3v) is 3.57. The maximum Gasteiger partial charge on any atom is 0.187 e. The smallest absolute Gasteiger partial charge is 0.187 e. The van der Waals surface area contributed by atoms with E-state index in [1.807, 2.05) is 86.6 Å². The van der Waals surface area contributed by atoms with Crippen molar-refractivity contribution in [2.75, 3.05) is 27.2 Å². The summed E-state index contributed by atoms with van der Waals surface area (Å²) in [6.07, 6.45) is 0. The number of ether oxygens (including phenoxy) is 1. The Bertz CT molecular complexity index is 554. The summed E-state index contributed by atoms with van der Waals surface area (Å²) in [6.45, 7) is 2.70. The molecule has 2 rings (SSSR count). The third kappa shape index (κ3) is 3.26. The molecule has 2 aromatic carbocycles. The summed E-state index contributed by atoms with van der Waals surface area (Å²) in [6, 6.07) is 19.5. The second-order valence-electron chi connectivity index (χ2n) is 5.51. The Morgan fingerprint density at radius 3 is 1.77 bits per heavy atom. The molecule has 3 heteroatoms. The summed E-state index contributed by atoms with van der Waals surface area (Å²) >= 11 is 0. The average molecular weight is 297 g/mol. The predicted octanol–water partition coefficient (Wildman–Crippen LogP) is 3.10. The number of ketones is 1. The zero-order chi connectivity index (χ0) is 16.0. The Hall–Kier alpha value is -1.97. The molecule has 0 aliphatic heterocycles. The molecular weight excluding hydrogens is 274 g/mol. The highest BCUT2D eigenvalue weighted by molar-refractivity contribution is 5.93. The van der Waals surface area contributed by atoms with E-state index in [0.717, 1.165) is 11.1 Å². The molecule has 0 aliphatic rings. The van der Waals surface area contributed by atoms with Crippen LogP contribution in [-0.2, 0) is 15.1 Å². The topological polar surface area (TPSA) is 29.5 Å². The molecule has 2 aromatic rings. The van der Waals surface area contributed by atoms with Gasteiger partial charge in [0.25, 0.3) is 0 Å². The molecule has 0 aliphatic carbocycles. The van der Waals surface area contributed by atoms with Gasteiger partial charge in [-0.25, -0.2) is 0 Å². The lowest BCUT2D eigenvalue weighted by molar-refractivity contribution is -0.140. The van der Waals surface area contributed by atoms with Gasteiger partial charge >= 0.3 is 0 Å². The molecule has 0 amide bonds. The van der Waals surface area contributed by atoms with Crippen molar-refractivity contribution < 1.29 is 9.53 Å². The molecule has 0 aromatic heterocycles. The first kappa shape index (κ1) is 16.4. The number of Topliss-reactive ketones (excluding diaryl/α,β-unsaturated/α-hetero) is 1. The van der Waals surface area contributed by atoms with Crippen LogP contribution in [-0.4, -0.2) is 37.9 Å². The van der Waals surface area contributed by atoms with Gasteiger partial charge in [0.05, 0.1) is 6.54 Å². The van der Waals surface area contributed by atoms with E-state index in [1.54, 1.807) is 0 Å². The fraction of sp³-hybridized carbons (Fsp3) is 0.316. The van der Waals surface area contributed by atoms with Gasteiger partial charge in [-0.1, -0.05) is 60.7 Å². The number of nitrogens with zero attached hydrogens (tertiary/aromatic N) is 1. The second kappa shape index (κ2) is 7.34. The number of carbonyl (C=O) groups excluding carboxylic acids is 1. The van der Waals surface area contributed by atoms with Crippen molar-refractivity contribution in [1.29, 1.82) is 0 Å². The van der Waals surface area contributed by atoms with Crippen molar-refractivity contribution in [3.05, 3.63) is 71.8 Å². The largest absolute Gasteiger partial charge is 0.358 e. The lowest BCUT2D eigenvalue weighted by Crippen LogP contribution is -2.44. The van der Waals surface area contributed by atoms with E-state index >= 15 is 0 Å². The molecule has 0 spiro atoms. The van der Waals surface area contributed by atoms with Crippen LogP contribution in [0.4, 0.5) is 0 Å². The summed E-state index contributed by atoms with van der Waals surface area (Å²) in [5.74, 6) is 0.0387. The van der Waals surface area contributed by atoms with Crippen molar-refractivity contribution >= 4 is 5.78 Å². The van der Waals surface area contributed by atoms with Gasteiger partial charge in [-0.2, -0.15) is 0 Å². The Morgan fingerprint density at radius 1 is 0.955 bits per heavy atom. The number of likely N-dealkylation sites (N-methyl/N-ethyl adjacent to an activating group) is 1. The van der Waals surface area contributed by atoms with Crippen LogP contribution in [0.15, 0.2) is 60.7 Å². The summed E-state index contributed by atoms with van der Waals surface area (Å²) in [7, 11) is 3.79. The van der Waals surface area contributed by atoms with Crippen molar-refractivity contribution in [3.63, 3.8) is 0 Å². The quantitative estimate of drug-likeness (QED) is 0.786. The monoisotopic (exact) mass is 297 g/mol. The number of hydrogen-bond acceptors (Lipinski definition) is 3. The van der Waals surface area contributed by atoms with Crippen LogP contribution in [0.1, 0.15) is 18.1 Å². The predicted molar refractivity (Wildman–Crippen MR) is 88.9 cm³/mol. The molecule has 0 saturated carbocycles. The molecule has 22 heavy (non-hydrogen) atoms. The van der Waals surface area contributed by atoms with Gasteiger partial charge in [0.15, 0.2) is 11.4 Å². The number of benzene rings is 2. The number of rotatable bonds is 7. The molecule has 0 saturated heterocycles. The molecule has 0 atom stereocenters. The minimum absolute atomic E-state index is 0.0387. The normalized spacial score (nSPS) is 11.6. The van der Waals surface area contributed by atoms with E-state index in [4.69, 9.17) is 4.74 Å². The Kier molecular flexibility index (Phi) is 5.47. The van der Waals surface area contributed by atoms with Crippen LogP contribution in [0.25, 0.3) is 0 Å². The van der Waals surface area contributed by atoms with Crippen LogP contribution in [0.5, 0.6) is 0 Å². The van der Waals surface area contributed by atoms with E-state index in [0.29, 0.717) is 13.2 Å². The minimum atomic E-state index is -1.05. The van der Waals surface area contributed by atoms with Gasteiger partial charge in [0.1, 0.15) is 0 Å². The first-order chi connectivity index (χ1) is 10.6. The van der Waals surface area contributed by atoms with E-state index in [2.05, 4.69) is 0 Å². The highest BCUT2D eigenvalue weighted by Gasteiger charge is 2.42. The fourth-order valence-electron chi connectivity index (χ4n) is 2.70. The first-order valence-electron chi connectivity index (χ1n) is 7.54. The summed E-state index contributed by atoms with van der Waals surface area (Å²) < 4.78 is 6.09. The van der Waals surface area contributed by atoms with Crippen LogP contribution in [0.3, 0.4) is 0 Å². The molecule has 3 nitrogen and oxygen atoms in total. The highest BCUT2D eigenvalue weighted by atomic mass is 16.5. The van der Waals surface area contributed by atoms with Crippen LogP contribution >= 0.6 is 0 Å². The average Bonchev–Trinajstić information content (AvgIpc) is 2.53. The molecule has 0 bridgehead atoms. The van der Waals surface area contributed by atoms with Gasteiger partial charge in [-0.15, -0.1) is 0 Å². The standard InChI is InChI=1S/C19H23NO2/c1-4-22-19(18(21)15-20(2)3,16-11-7-5-8-12-16)17-13-9-6-10-14-17/h5-14H,4,15H2,1-3H3. The molecular formula is C19H23NO2. The zero-order valence-corrected chi connectivity index (χ0v) is 13.5. The Labute approximate surface area is 132 Å². The maximum absolute atomic E-state index is 13.1. The Morgan fingerprint density at radius 2 is 1.41 bits per heavy atom. The molecule has 0 N–H and O–H groups in total.